The van der Waals surface area contributed by atoms with Gasteiger partial charge in [-0.3, -0.25) is 14.5 Å². The number of fused-ring (bicyclic) bond motifs is 2. The molecule has 2 aromatic carbocycles. The van der Waals surface area contributed by atoms with Crippen LogP contribution in [0.15, 0.2) is 60.9 Å². The molecule has 2 atom stereocenters. The van der Waals surface area contributed by atoms with E-state index < -0.39 is 24.0 Å². The van der Waals surface area contributed by atoms with Crippen LogP contribution in [0, 0.1) is 13.8 Å². The lowest BCUT2D eigenvalue weighted by Gasteiger charge is -2.36. The molecule has 0 bridgehead atoms. The number of nitrogens with zero attached hydrogens (tertiary/aromatic N) is 12. The lowest BCUT2D eigenvalue weighted by atomic mass is 10.0. The largest absolute Gasteiger partial charge is 0.476 e. The summed E-state index contributed by atoms with van der Waals surface area (Å²) in [7, 11) is 0. The number of likely N-dealkylation sites (tertiary alicyclic amines) is 1. The zero-order valence-corrected chi connectivity index (χ0v) is 38.1. The van der Waals surface area contributed by atoms with E-state index in [0.29, 0.717) is 81.3 Å². The number of β-amino-alcohol motifs (C(OH)–C–C–N with tert-alkyl or cyclic N) is 1. The summed E-state index contributed by atoms with van der Waals surface area (Å²) >= 11 is 12.4. The van der Waals surface area contributed by atoms with Crippen LogP contribution < -0.4 is 29.9 Å². The van der Waals surface area contributed by atoms with Crippen LogP contribution in [0.4, 0.5) is 23.5 Å². The minimum absolute atomic E-state index is 0.0612. The number of aromatic nitrogens is 8. The Morgan fingerprint density at radius 1 is 0.652 bits per heavy atom. The third-order valence-corrected chi connectivity index (χ3v) is 12.6. The van der Waals surface area contributed by atoms with Gasteiger partial charge in [-0.1, -0.05) is 23.2 Å². The summed E-state index contributed by atoms with van der Waals surface area (Å²) in [6.07, 6.45) is 4.14. The highest BCUT2D eigenvalue weighted by Crippen LogP contribution is 2.27. The number of halogens is 2. The first-order valence-corrected chi connectivity index (χ1v) is 22.9. The van der Waals surface area contributed by atoms with Gasteiger partial charge in [-0.05, 0) is 101 Å². The third-order valence-electron chi connectivity index (χ3n) is 12.1. The Hall–Kier alpha value is -6.12. The molecule has 3 aliphatic heterocycles. The maximum absolute atomic E-state index is 14.5. The smallest absolute Gasteiger partial charge is 0.271 e. The molecular weight excluding hydrogens is 887 g/mol. The van der Waals surface area contributed by atoms with Gasteiger partial charge in [-0.25, -0.2) is 29.9 Å². The quantitative estimate of drug-likeness (QED) is 0.135. The molecule has 4 aromatic heterocycles. The van der Waals surface area contributed by atoms with Crippen molar-refractivity contribution in [2.75, 3.05) is 85.9 Å². The third kappa shape index (κ3) is 10.4. The van der Waals surface area contributed by atoms with E-state index in [1.54, 1.807) is 55.5 Å². The summed E-state index contributed by atoms with van der Waals surface area (Å²) in [4.78, 5) is 75.6. The van der Waals surface area contributed by atoms with Crippen molar-refractivity contribution in [2.45, 2.75) is 57.8 Å². The number of carbonyl (C=O) groups excluding carboxylic acids is 2. The molecule has 0 saturated carbocycles. The second-order valence-electron chi connectivity index (χ2n) is 16.5. The molecule has 2 amide bonds. The molecule has 7 heterocycles. The number of carbonyl (C=O) groups is 2. The number of rotatable bonds is 14. The van der Waals surface area contributed by atoms with Crippen molar-refractivity contribution in [1.29, 1.82) is 0 Å². The molecule has 66 heavy (non-hydrogen) atoms. The number of piperazine rings is 1. The lowest BCUT2D eigenvalue weighted by Crippen LogP contribution is -2.51. The molecule has 19 nitrogen and oxygen atoms in total. The van der Waals surface area contributed by atoms with Gasteiger partial charge in [0.25, 0.3) is 11.8 Å². The number of aryl methyl sites for hydroxylation is 2. The Labute approximate surface area is 390 Å². The molecule has 3 aliphatic rings. The number of amides is 2. The van der Waals surface area contributed by atoms with Crippen molar-refractivity contribution in [2.24, 2.45) is 0 Å². The van der Waals surface area contributed by atoms with Crippen LogP contribution in [-0.4, -0.2) is 150 Å². The predicted molar refractivity (Wildman–Crippen MR) is 251 cm³/mol. The minimum Gasteiger partial charge on any atom is -0.476 e. The van der Waals surface area contributed by atoms with E-state index in [-0.39, 0.29) is 29.7 Å². The average molecular weight is 938 g/mol. The van der Waals surface area contributed by atoms with E-state index in [4.69, 9.17) is 52.6 Å². The Morgan fingerprint density at radius 3 is 1.56 bits per heavy atom. The summed E-state index contributed by atoms with van der Waals surface area (Å²) in [5.74, 6) is 0.158. The van der Waals surface area contributed by atoms with Gasteiger partial charge in [0.2, 0.25) is 24.1 Å². The number of nitrogens with one attached hydrogen (secondary N) is 2. The molecule has 3 fully saturated rings. The molecule has 21 heteroatoms. The number of benzene rings is 2. The van der Waals surface area contributed by atoms with E-state index in [9.17, 15) is 14.7 Å². The van der Waals surface area contributed by atoms with Crippen LogP contribution in [0.3, 0.4) is 0 Å². The fourth-order valence-electron chi connectivity index (χ4n) is 8.53. The molecule has 6 aromatic rings. The van der Waals surface area contributed by atoms with E-state index in [0.717, 1.165) is 39.0 Å². The zero-order chi connectivity index (χ0) is 45.7. The van der Waals surface area contributed by atoms with Crippen molar-refractivity contribution in [1.82, 2.24) is 49.7 Å². The second-order valence-corrected chi connectivity index (χ2v) is 17.4. The SMILES string of the molecule is Cc1nc(N2CCC(N3CCCC3)CC2)nc2ncc(NC(=O)C(Oc3ccc(Cl)cc3)C(Oc3ccc(Cl)cc3)C(=O)Nc3cnc4nc(N5CCN(CCO)CC5)nc(C)c4n3)nc12. The highest BCUT2D eigenvalue weighted by molar-refractivity contribution is 6.30. The highest BCUT2D eigenvalue weighted by atomic mass is 35.5. The molecular formula is C45H50Cl2N14O5. The summed E-state index contributed by atoms with van der Waals surface area (Å²) < 4.78 is 12.6. The Bertz CT molecular complexity index is 2680. The number of hydrogen-bond acceptors (Lipinski definition) is 17. The van der Waals surface area contributed by atoms with Gasteiger partial charge in [0.15, 0.2) is 22.9 Å². The number of anilines is 4. The molecule has 344 valence electrons. The summed E-state index contributed by atoms with van der Waals surface area (Å²) in [6, 6.07) is 13.3. The Kier molecular flexibility index (Phi) is 13.8. The minimum atomic E-state index is -1.64. The lowest BCUT2D eigenvalue weighted by molar-refractivity contribution is -0.136. The van der Waals surface area contributed by atoms with E-state index in [2.05, 4.69) is 50.2 Å². The van der Waals surface area contributed by atoms with Crippen LogP contribution in [0.5, 0.6) is 11.5 Å². The van der Waals surface area contributed by atoms with Gasteiger partial charge in [0.05, 0.1) is 30.4 Å². The van der Waals surface area contributed by atoms with Gasteiger partial charge in [0, 0.05) is 61.9 Å². The van der Waals surface area contributed by atoms with Crippen molar-refractivity contribution in [3.63, 3.8) is 0 Å². The Morgan fingerprint density at radius 2 is 1.11 bits per heavy atom. The number of piperidine rings is 1. The molecule has 0 spiro atoms. The summed E-state index contributed by atoms with van der Waals surface area (Å²) in [6.45, 7) is 11.3. The molecule has 3 N–H and O–H groups in total. The van der Waals surface area contributed by atoms with Crippen LogP contribution in [0.25, 0.3) is 22.3 Å². The van der Waals surface area contributed by atoms with Gasteiger partial charge in [0.1, 0.15) is 22.5 Å². The zero-order valence-electron chi connectivity index (χ0n) is 36.6. The molecule has 0 radical (unpaired) electrons. The first-order chi connectivity index (χ1) is 32.1. The highest BCUT2D eigenvalue weighted by Gasteiger charge is 2.39. The van der Waals surface area contributed by atoms with Crippen molar-refractivity contribution >= 4 is 80.9 Å². The van der Waals surface area contributed by atoms with Crippen molar-refractivity contribution in [3.05, 3.63) is 82.4 Å². The standard InChI is InChI=1S/C45H50Cl2N14O5/c1-27-36-40(56-44(50-27)60-17-13-31(14-18-60)59-15-3-4-16-59)48-25-34(52-36)54-42(63)38(65-32-9-5-29(46)6-10-32)39(66-33-11-7-30(47)8-12-33)43(64)55-35-26-49-41-37(53-35)28(2)51-45(57-41)61-21-19-58(20-22-61)23-24-62/h5-12,25-26,31,38-39,62H,3-4,13-24H2,1-2H3,(H,52,54,63)(H,53,55,64). The number of ether oxygens (including phenoxy) is 2. The normalized spacial score (nSPS) is 17.2. The van der Waals surface area contributed by atoms with E-state index in [1.807, 2.05) is 6.92 Å². The topological polar surface area (TPSA) is 213 Å². The average Bonchev–Trinajstić information content (AvgIpc) is 3.88. The van der Waals surface area contributed by atoms with Crippen LogP contribution in [-0.2, 0) is 9.59 Å². The van der Waals surface area contributed by atoms with E-state index in [1.165, 1.54) is 38.3 Å². The van der Waals surface area contributed by atoms with E-state index >= 15 is 0 Å². The Balaban J connectivity index is 0.971. The summed E-state index contributed by atoms with van der Waals surface area (Å²) in [5, 5.41) is 15.8. The fraction of sp³-hybridized carbons (Fsp3) is 0.422. The number of aliphatic hydroxyl groups excluding tert-OH is 1. The first-order valence-electron chi connectivity index (χ1n) is 22.1. The van der Waals surface area contributed by atoms with Crippen LogP contribution in [0.2, 0.25) is 10.0 Å². The summed E-state index contributed by atoms with van der Waals surface area (Å²) in [5.41, 5.74) is 2.67. The first kappa shape index (κ1) is 45.1. The van der Waals surface area contributed by atoms with Crippen molar-refractivity contribution < 1.29 is 24.2 Å². The second kappa shape index (κ2) is 20.2. The van der Waals surface area contributed by atoms with Crippen molar-refractivity contribution in [3.8, 4) is 11.5 Å². The monoisotopic (exact) mass is 936 g/mol. The molecule has 0 aliphatic carbocycles. The predicted octanol–water partition coefficient (Wildman–Crippen LogP) is 4.73. The molecule has 2 unspecified atom stereocenters. The van der Waals surface area contributed by atoms with Gasteiger partial charge in [-0.2, -0.15) is 9.97 Å². The van der Waals surface area contributed by atoms with Gasteiger partial charge < -0.3 is 39.9 Å². The number of hydrogen-bond donors (Lipinski definition) is 3. The number of aliphatic hydroxyl groups is 1. The van der Waals surface area contributed by atoms with Crippen LogP contribution >= 0.6 is 23.2 Å². The maximum atomic E-state index is 14.5. The maximum Gasteiger partial charge on any atom is 0.271 e. The van der Waals surface area contributed by atoms with Gasteiger partial charge in [-0.15, -0.1) is 0 Å². The molecule has 3 saturated heterocycles. The fourth-order valence-corrected chi connectivity index (χ4v) is 8.79. The van der Waals surface area contributed by atoms with Gasteiger partial charge >= 0.3 is 0 Å². The molecule has 9 rings (SSSR count). The van der Waals surface area contributed by atoms with Crippen LogP contribution in [0.1, 0.15) is 37.1 Å².